The van der Waals surface area contributed by atoms with Gasteiger partial charge >= 0.3 is 0 Å². The lowest BCUT2D eigenvalue weighted by atomic mass is 10.3. The maximum Gasteiger partial charge on any atom is 0.249 e. The summed E-state index contributed by atoms with van der Waals surface area (Å²) < 4.78 is 0. The van der Waals surface area contributed by atoms with Gasteiger partial charge < -0.3 is 10.2 Å². The first-order valence-corrected chi connectivity index (χ1v) is 6.84. The quantitative estimate of drug-likeness (QED) is 0.854. The highest BCUT2D eigenvalue weighted by atomic mass is 32.1. The van der Waals surface area contributed by atoms with E-state index in [-0.39, 0.29) is 5.91 Å². The lowest BCUT2D eigenvalue weighted by Crippen LogP contribution is -2.25. The predicted octanol–water partition coefficient (Wildman–Crippen LogP) is 1.74. The van der Waals surface area contributed by atoms with Crippen molar-refractivity contribution in [3.63, 3.8) is 0 Å². The largest absolute Gasteiger partial charge is 0.339 e. The topological polar surface area (TPSA) is 73.2 Å². The van der Waals surface area contributed by atoms with Gasteiger partial charge in [0, 0.05) is 25.2 Å². The molecule has 1 N–H and O–H groups in total. The van der Waals surface area contributed by atoms with Gasteiger partial charge in [-0.1, -0.05) is 0 Å². The maximum absolute atomic E-state index is 11.7. The SMILES string of the molecule is N#Cc1ccsc1NC(=O)/C=C\C(=O)N1CCCC1. The van der Waals surface area contributed by atoms with Gasteiger partial charge in [-0.05, 0) is 24.3 Å². The Balaban J connectivity index is 1.90. The number of thiophene rings is 1. The lowest BCUT2D eigenvalue weighted by Gasteiger charge is -2.11. The van der Waals surface area contributed by atoms with Gasteiger partial charge in [0.2, 0.25) is 11.8 Å². The van der Waals surface area contributed by atoms with E-state index < -0.39 is 5.91 Å². The van der Waals surface area contributed by atoms with E-state index in [9.17, 15) is 9.59 Å². The van der Waals surface area contributed by atoms with E-state index in [1.54, 1.807) is 16.3 Å². The summed E-state index contributed by atoms with van der Waals surface area (Å²) in [5.74, 6) is -0.536. The van der Waals surface area contributed by atoms with Crippen molar-refractivity contribution in [3.05, 3.63) is 29.2 Å². The number of rotatable bonds is 3. The minimum atomic E-state index is -0.397. The maximum atomic E-state index is 11.7. The molecule has 5 nitrogen and oxygen atoms in total. The summed E-state index contributed by atoms with van der Waals surface area (Å²) in [7, 11) is 0. The van der Waals surface area contributed by atoms with Crippen LogP contribution in [0.1, 0.15) is 18.4 Å². The molecule has 0 radical (unpaired) electrons. The van der Waals surface area contributed by atoms with Crippen molar-refractivity contribution in [2.75, 3.05) is 18.4 Å². The lowest BCUT2D eigenvalue weighted by molar-refractivity contribution is -0.125. The van der Waals surface area contributed by atoms with E-state index in [0.29, 0.717) is 10.6 Å². The minimum Gasteiger partial charge on any atom is -0.339 e. The minimum absolute atomic E-state index is 0.140. The summed E-state index contributed by atoms with van der Waals surface area (Å²) in [6.07, 6.45) is 4.53. The van der Waals surface area contributed by atoms with Gasteiger partial charge in [0.1, 0.15) is 11.1 Å². The number of carbonyl (C=O) groups is 2. The van der Waals surface area contributed by atoms with Crippen molar-refractivity contribution in [2.45, 2.75) is 12.8 Å². The average molecular weight is 275 g/mol. The molecule has 0 atom stereocenters. The van der Waals surface area contributed by atoms with Gasteiger partial charge in [-0.3, -0.25) is 9.59 Å². The van der Waals surface area contributed by atoms with Gasteiger partial charge in [-0.15, -0.1) is 11.3 Å². The number of nitrogens with zero attached hydrogens (tertiary/aromatic N) is 2. The van der Waals surface area contributed by atoms with E-state index in [1.165, 1.54) is 23.5 Å². The second-order valence-electron chi connectivity index (χ2n) is 4.13. The third-order valence-electron chi connectivity index (χ3n) is 2.82. The van der Waals surface area contributed by atoms with Crippen LogP contribution >= 0.6 is 11.3 Å². The average Bonchev–Trinajstić information content (AvgIpc) is 3.06. The Morgan fingerprint density at radius 3 is 2.79 bits per heavy atom. The number of amides is 2. The standard InChI is InChI=1S/C13H13N3O2S/c14-9-10-5-8-19-13(10)15-11(17)3-4-12(18)16-6-1-2-7-16/h3-5,8H,1-2,6-7H2,(H,15,17)/b4-3-. The van der Waals surface area contributed by atoms with Gasteiger partial charge in [-0.2, -0.15) is 5.26 Å². The van der Waals surface area contributed by atoms with Crippen LogP contribution < -0.4 is 5.32 Å². The van der Waals surface area contributed by atoms with Crippen molar-refractivity contribution in [3.8, 4) is 6.07 Å². The summed E-state index contributed by atoms with van der Waals surface area (Å²) in [6, 6.07) is 3.63. The van der Waals surface area contributed by atoms with Crippen molar-refractivity contribution in [1.29, 1.82) is 5.26 Å². The predicted molar refractivity (Wildman–Crippen MR) is 72.6 cm³/mol. The Bertz CT molecular complexity index is 550. The molecule has 1 aromatic heterocycles. The first-order valence-electron chi connectivity index (χ1n) is 5.96. The second kappa shape index (κ2) is 6.16. The van der Waals surface area contributed by atoms with E-state index >= 15 is 0 Å². The normalized spacial score (nSPS) is 14.6. The summed E-state index contributed by atoms with van der Waals surface area (Å²) in [6.45, 7) is 1.52. The zero-order chi connectivity index (χ0) is 13.7. The first-order chi connectivity index (χ1) is 9.20. The van der Waals surface area contributed by atoms with Crippen molar-refractivity contribution < 1.29 is 9.59 Å². The molecule has 2 heterocycles. The smallest absolute Gasteiger partial charge is 0.249 e. The molecule has 1 aliphatic rings. The fraction of sp³-hybridized carbons (Fsp3) is 0.308. The van der Waals surface area contributed by atoms with E-state index in [4.69, 9.17) is 5.26 Å². The van der Waals surface area contributed by atoms with Crippen molar-refractivity contribution in [2.24, 2.45) is 0 Å². The monoisotopic (exact) mass is 275 g/mol. The Labute approximate surface area is 115 Å². The Morgan fingerprint density at radius 2 is 2.11 bits per heavy atom. The van der Waals surface area contributed by atoms with Crippen LogP contribution in [0.15, 0.2) is 23.6 Å². The Morgan fingerprint density at radius 1 is 1.37 bits per heavy atom. The third-order valence-corrected chi connectivity index (χ3v) is 3.65. The number of nitriles is 1. The van der Waals surface area contributed by atoms with Gasteiger partial charge in [0.05, 0.1) is 5.56 Å². The second-order valence-corrected chi connectivity index (χ2v) is 5.05. The van der Waals surface area contributed by atoms with Crippen LogP contribution in [0.3, 0.4) is 0 Å². The molecule has 6 heteroatoms. The molecule has 0 saturated carbocycles. The summed E-state index contributed by atoms with van der Waals surface area (Å²) in [4.78, 5) is 25.0. The number of nitrogens with one attached hydrogen (secondary N) is 1. The molecular weight excluding hydrogens is 262 g/mol. The Kier molecular flexibility index (Phi) is 4.31. The van der Waals surface area contributed by atoms with E-state index in [2.05, 4.69) is 5.32 Å². The highest BCUT2D eigenvalue weighted by Crippen LogP contribution is 2.21. The molecule has 0 spiro atoms. The van der Waals surface area contributed by atoms with Crippen LogP contribution in [0.25, 0.3) is 0 Å². The molecule has 1 fully saturated rings. The first kappa shape index (κ1) is 13.3. The van der Waals surface area contributed by atoms with Gasteiger partial charge in [0.25, 0.3) is 0 Å². The zero-order valence-corrected chi connectivity index (χ0v) is 11.1. The molecule has 1 aromatic rings. The molecule has 98 valence electrons. The van der Waals surface area contributed by atoms with Crippen LogP contribution in [0, 0.1) is 11.3 Å². The summed E-state index contributed by atoms with van der Waals surface area (Å²) in [5.41, 5.74) is 0.428. The van der Waals surface area contributed by atoms with Crippen LogP contribution in [0.2, 0.25) is 0 Å². The molecule has 19 heavy (non-hydrogen) atoms. The van der Waals surface area contributed by atoms with E-state index in [0.717, 1.165) is 25.9 Å². The number of hydrogen-bond donors (Lipinski definition) is 1. The van der Waals surface area contributed by atoms with Crippen molar-refractivity contribution >= 4 is 28.2 Å². The highest BCUT2D eigenvalue weighted by Gasteiger charge is 2.15. The molecule has 0 aromatic carbocycles. The molecule has 2 amide bonds. The molecule has 1 saturated heterocycles. The summed E-state index contributed by atoms with van der Waals surface area (Å²) >= 11 is 1.28. The van der Waals surface area contributed by atoms with E-state index in [1.807, 2.05) is 6.07 Å². The molecule has 1 aliphatic heterocycles. The number of carbonyl (C=O) groups excluding carboxylic acids is 2. The fourth-order valence-corrected chi connectivity index (χ4v) is 2.58. The van der Waals surface area contributed by atoms with Gasteiger partial charge in [-0.25, -0.2) is 0 Å². The molecule has 2 rings (SSSR count). The molecule has 0 unspecified atom stereocenters. The number of hydrogen-bond acceptors (Lipinski definition) is 4. The Hall–Kier alpha value is -2.13. The van der Waals surface area contributed by atoms with Gasteiger partial charge in [0.15, 0.2) is 0 Å². The van der Waals surface area contributed by atoms with Crippen molar-refractivity contribution in [1.82, 2.24) is 4.90 Å². The van der Waals surface area contributed by atoms with Crippen LogP contribution in [-0.2, 0) is 9.59 Å². The third kappa shape index (κ3) is 3.42. The van der Waals surface area contributed by atoms with Crippen LogP contribution in [-0.4, -0.2) is 29.8 Å². The van der Waals surface area contributed by atoms with Crippen LogP contribution in [0.5, 0.6) is 0 Å². The fourth-order valence-electron chi connectivity index (χ4n) is 1.84. The highest BCUT2D eigenvalue weighted by molar-refractivity contribution is 7.14. The molecule has 0 aliphatic carbocycles. The molecule has 0 bridgehead atoms. The number of anilines is 1. The number of likely N-dealkylation sites (tertiary alicyclic amines) is 1. The zero-order valence-electron chi connectivity index (χ0n) is 10.3. The molecular formula is C13H13N3O2S. The van der Waals surface area contributed by atoms with Crippen LogP contribution in [0.4, 0.5) is 5.00 Å². The summed E-state index contributed by atoms with van der Waals surface area (Å²) in [5, 5.41) is 13.6.